The predicted molar refractivity (Wildman–Crippen MR) is 87.4 cm³/mol. The third-order valence-electron chi connectivity index (χ3n) is 4.58. The number of nitrogens with zero attached hydrogens (tertiary/aromatic N) is 2. The second-order valence-corrected chi connectivity index (χ2v) is 6.13. The first-order valence-electron chi connectivity index (χ1n) is 8.05. The average molecular weight is 331 g/mol. The molecule has 1 aliphatic heterocycles. The number of hydrogen-bond donors (Lipinski definition) is 1. The summed E-state index contributed by atoms with van der Waals surface area (Å²) >= 11 is 0. The zero-order chi connectivity index (χ0) is 17.1. The first-order chi connectivity index (χ1) is 11.6. The molecular weight excluding hydrogens is 310 g/mol. The zero-order valence-corrected chi connectivity index (χ0v) is 13.6. The van der Waals surface area contributed by atoms with Gasteiger partial charge in [-0.05, 0) is 30.7 Å². The number of ether oxygens (including phenoxy) is 1. The van der Waals surface area contributed by atoms with Crippen LogP contribution < -0.4 is 10.1 Å². The molecule has 0 spiro atoms. The first-order valence-corrected chi connectivity index (χ1v) is 8.05. The third kappa shape index (κ3) is 3.50. The predicted octanol–water partition coefficient (Wildman–Crippen LogP) is 0.570. The van der Waals surface area contributed by atoms with Crippen LogP contribution in [0.5, 0.6) is 5.75 Å². The Labute approximate surface area is 140 Å². The van der Waals surface area contributed by atoms with E-state index in [2.05, 4.69) is 5.32 Å². The van der Waals surface area contributed by atoms with Crippen molar-refractivity contribution < 1.29 is 19.1 Å². The van der Waals surface area contributed by atoms with Crippen molar-refractivity contribution >= 4 is 23.9 Å². The van der Waals surface area contributed by atoms with E-state index in [-0.39, 0.29) is 23.7 Å². The van der Waals surface area contributed by atoms with Gasteiger partial charge in [0.1, 0.15) is 5.75 Å². The molecule has 2 aliphatic rings. The summed E-state index contributed by atoms with van der Waals surface area (Å²) in [5, 5.41) is 2.84. The highest BCUT2D eigenvalue weighted by molar-refractivity contribution is 5.99. The summed E-state index contributed by atoms with van der Waals surface area (Å²) in [6.07, 6.45) is 1.40. The fourth-order valence-corrected chi connectivity index (χ4v) is 2.95. The standard InChI is InChI=1S/C17H21N3O4/c1-24-13-4-2-12(3-5-13)18-16(22)14-10-15(14)17(23)20-8-6-19(11-21)7-9-20/h2-5,11,14-15H,6-10H2,1H3,(H,18,22). The number of amides is 3. The molecule has 3 amide bonds. The van der Waals surface area contributed by atoms with Gasteiger partial charge in [-0.15, -0.1) is 0 Å². The van der Waals surface area contributed by atoms with Crippen LogP contribution in [0.15, 0.2) is 24.3 Å². The number of nitrogens with one attached hydrogen (secondary N) is 1. The van der Waals surface area contributed by atoms with E-state index >= 15 is 0 Å². The van der Waals surface area contributed by atoms with Crippen molar-refractivity contribution in [2.75, 3.05) is 38.6 Å². The van der Waals surface area contributed by atoms with Gasteiger partial charge >= 0.3 is 0 Å². The van der Waals surface area contributed by atoms with Gasteiger partial charge in [-0.3, -0.25) is 14.4 Å². The molecule has 0 aromatic heterocycles. The number of piperazine rings is 1. The number of carbonyl (C=O) groups is 3. The average Bonchev–Trinajstić information content (AvgIpc) is 3.43. The molecule has 128 valence electrons. The third-order valence-corrected chi connectivity index (χ3v) is 4.58. The van der Waals surface area contributed by atoms with E-state index in [1.54, 1.807) is 41.2 Å². The molecular formula is C17H21N3O4. The summed E-state index contributed by atoms with van der Waals surface area (Å²) in [6, 6.07) is 7.10. The van der Waals surface area contributed by atoms with E-state index in [0.29, 0.717) is 38.3 Å². The van der Waals surface area contributed by atoms with Crippen LogP contribution in [0.4, 0.5) is 5.69 Å². The van der Waals surface area contributed by atoms with Crippen molar-refractivity contribution in [3.8, 4) is 5.75 Å². The lowest BCUT2D eigenvalue weighted by molar-refractivity contribution is -0.137. The number of methoxy groups -OCH3 is 1. The molecule has 1 heterocycles. The molecule has 24 heavy (non-hydrogen) atoms. The van der Waals surface area contributed by atoms with E-state index in [4.69, 9.17) is 4.74 Å². The van der Waals surface area contributed by atoms with Gasteiger partial charge < -0.3 is 19.9 Å². The molecule has 1 aliphatic carbocycles. The number of benzene rings is 1. The minimum Gasteiger partial charge on any atom is -0.497 e. The van der Waals surface area contributed by atoms with Gasteiger partial charge in [-0.25, -0.2) is 0 Å². The van der Waals surface area contributed by atoms with E-state index in [1.165, 1.54) is 0 Å². The van der Waals surface area contributed by atoms with Crippen LogP contribution in [0.1, 0.15) is 6.42 Å². The van der Waals surface area contributed by atoms with Gasteiger partial charge in [0.2, 0.25) is 18.2 Å². The normalized spacial score (nSPS) is 22.7. The minimum atomic E-state index is -0.260. The zero-order valence-electron chi connectivity index (χ0n) is 13.6. The largest absolute Gasteiger partial charge is 0.497 e. The molecule has 1 saturated carbocycles. The van der Waals surface area contributed by atoms with Crippen LogP contribution in [0.3, 0.4) is 0 Å². The van der Waals surface area contributed by atoms with Crippen LogP contribution in [0.25, 0.3) is 0 Å². The quantitative estimate of drug-likeness (QED) is 0.800. The lowest BCUT2D eigenvalue weighted by Crippen LogP contribution is -2.48. The highest BCUT2D eigenvalue weighted by Gasteiger charge is 2.49. The molecule has 2 fully saturated rings. The Morgan fingerprint density at radius 3 is 2.38 bits per heavy atom. The van der Waals surface area contributed by atoms with Gasteiger partial charge in [0.05, 0.1) is 18.9 Å². The van der Waals surface area contributed by atoms with Crippen molar-refractivity contribution in [1.82, 2.24) is 9.80 Å². The van der Waals surface area contributed by atoms with E-state index < -0.39 is 0 Å². The van der Waals surface area contributed by atoms with Crippen LogP contribution in [-0.4, -0.2) is 61.3 Å². The Balaban J connectivity index is 1.49. The molecule has 1 saturated heterocycles. The monoisotopic (exact) mass is 331 g/mol. The SMILES string of the molecule is COc1ccc(NC(=O)C2CC2C(=O)N2CCN(C=O)CC2)cc1. The fourth-order valence-electron chi connectivity index (χ4n) is 2.95. The molecule has 2 unspecified atom stereocenters. The Kier molecular flexibility index (Phi) is 4.69. The maximum absolute atomic E-state index is 12.4. The second kappa shape index (κ2) is 6.90. The van der Waals surface area contributed by atoms with Gasteiger partial charge in [-0.1, -0.05) is 0 Å². The molecule has 1 N–H and O–H groups in total. The maximum atomic E-state index is 12.4. The topological polar surface area (TPSA) is 79.0 Å². The molecule has 1 aromatic carbocycles. The molecule has 7 nitrogen and oxygen atoms in total. The van der Waals surface area contributed by atoms with Crippen LogP contribution in [0, 0.1) is 11.8 Å². The van der Waals surface area contributed by atoms with Crippen LogP contribution >= 0.6 is 0 Å². The Morgan fingerprint density at radius 2 is 1.79 bits per heavy atom. The maximum Gasteiger partial charge on any atom is 0.228 e. The number of rotatable bonds is 5. The summed E-state index contributed by atoms with van der Waals surface area (Å²) in [4.78, 5) is 38.8. The fraction of sp³-hybridized carbons (Fsp3) is 0.471. The van der Waals surface area contributed by atoms with Crippen LogP contribution in [-0.2, 0) is 14.4 Å². The minimum absolute atomic E-state index is 0.0235. The smallest absolute Gasteiger partial charge is 0.228 e. The highest BCUT2D eigenvalue weighted by atomic mass is 16.5. The summed E-state index contributed by atoms with van der Waals surface area (Å²) in [5.41, 5.74) is 0.693. The van der Waals surface area contributed by atoms with Crippen molar-refractivity contribution in [2.45, 2.75) is 6.42 Å². The summed E-state index contributed by atoms with van der Waals surface area (Å²) < 4.78 is 5.08. The molecule has 2 atom stereocenters. The van der Waals surface area contributed by atoms with Crippen LogP contribution in [0.2, 0.25) is 0 Å². The Bertz CT molecular complexity index is 623. The summed E-state index contributed by atoms with van der Waals surface area (Å²) in [6.45, 7) is 2.21. The van der Waals surface area contributed by atoms with Gasteiger partial charge in [0.25, 0.3) is 0 Å². The van der Waals surface area contributed by atoms with Crippen molar-refractivity contribution in [3.05, 3.63) is 24.3 Å². The Morgan fingerprint density at radius 1 is 1.12 bits per heavy atom. The number of hydrogen-bond acceptors (Lipinski definition) is 4. The van der Waals surface area contributed by atoms with Gasteiger partial charge in [0, 0.05) is 31.9 Å². The lowest BCUT2D eigenvalue weighted by Gasteiger charge is -2.32. The van der Waals surface area contributed by atoms with Crippen molar-refractivity contribution in [1.29, 1.82) is 0 Å². The molecule has 3 rings (SSSR count). The number of anilines is 1. The summed E-state index contributed by atoms with van der Waals surface area (Å²) in [5.74, 6) is 0.136. The molecule has 0 radical (unpaired) electrons. The van der Waals surface area contributed by atoms with E-state index in [9.17, 15) is 14.4 Å². The van der Waals surface area contributed by atoms with E-state index in [0.717, 1.165) is 12.2 Å². The summed E-state index contributed by atoms with van der Waals surface area (Å²) in [7, 11) is 1.59. The second-order valence-electron chi connectivity index (χ2n) is 6.13. The highest BCUT2D eigenvalue weighted by Crippen LogP contribution is 2.41. The first kappa shape index (κ1) is 16.3. The molecule has 7 heteroatoms. The lowest BCUT2D eigenvalue weighted by atomic mass is 10.2. The molecule has 0 bridgehead atoms. The van der Waals surface area contributed by atoms with Crippen molar-refractivity contribution in [2.24, 2.45) is 11.8 Å². The van der Waals surface area contributed by atoms with Gasteiger partial charge in [0.15, 0.2) is 0 Å². The number of carbonyl (C=O) groups excluding carboxylic acids is 3. The molecule has 1 aromatic rings. The Hall–Kier alpha value is -2.57. The van der Waals surface area contributed by atoms with Crippen molar-refractivity contribution in [3.63, 3.8) is 0 Å². The van der Waals surface area contributed by atoms with E-state index in [1.807, 2.05) is 0 Å². The van der Waals surface area contributed by atoms with Gasteiger partial charge in [-0.2, -0.15) is 0 Å².